The average molecular weight is 338 g/mol. The van der Waals surface area contributed by atoms with Gasteiger partial charge in [0.15, 0.2) is 0 Å². The molecule has 0 aliphatic carbocycles. The average Bonchev–Trinajstić information content (AvgIpc) is 2.83. The van der Waals surface area contributed by atoms with E-state index in [-0.39, 0.29) is 17.3 Å². The molecule has 0 aromatic heterocycles. The summed E-state index contributed by atoms with van der Waals surface area (Å²) in [5.41, 5.74) is 1.23. The molecular weight excluding hydrogens is 319 g/mol. The van der Waals surface area contributed by atoms with Crippen LogP contribution in [0.1, 0.15) is 13.3 Å². The smallest absolute Gasteiger partial charge is 0.414 e. The monoisotopic (exact) mass is 338 g/mol. The van der Waals surface area contributed by atoms with Crippen molar-refractivity contribution in [3.8, 4) is 0 Å². The number of ether oxygens (including phenoxy) is 1. The van der Waals surface area contributed by atoms with Gasteiger partial charge in [-0.3, -0.25) is 4.90 Å². The second-order valence-corrected chi connectivity index (χ2v) is 8.20. The summed E-state index contributed by atoms with van der Waals surface area (Å²) in [7, 11) is 0. The molecule has 0 radical (unpaired) electrons. The van der Waals surface area contributed by atoms with Crippen LogP contribution in [0.2, 0.25) is 0 Å². The number of anilines is 2. The van der Waals surface area contributed by atoms with Crippen LogP contribution in [0.5, 0.6) is 0 Å². The van der Waals surface area contributed by atoms with Crippen LogP contribution in [0.4, 0.5) is 20.6 Å². The van der Waals surface area contributed by atoms with E-state index in [1.54, 1.807) is 12.1 Å². The Morgan fingerprint density at radius 2 is 2.17 bits per heavy atom. The Bertz CT molecular complexity index is 642. The zero-order chi connectivity index (χ0) is 16.2. The van der Waals surface area contributed by atoms with Crippen LogP contribution >= 0.6 is 0 Å². The van der Waals surface area contributed by atoms with Crippen LogP contribution in [-0.2, 0) is 15.9 Å². The van der Waals surface area contributed by atoms with Crippen molar-refractivity contribution in [1.29, 1.82) is 0 Å². The van der Waals surface area contributed by atoms with Gasteiger partial charge in [-0.2, -0.15) is 0 Å². The van der Waals surface area contributed by atoms with Crippen molar-refractivity contribution in [3.63, 3.8) is 0 Å². The van der Waals surface area contributed by atoms with Crippen LogP contribution in [-0.4, -0.2) is 47.9 Å². The molecule has 3 heterocycles. The highest BCUT2D eigenvalue weighted by Crippen LogP contribution is 2.44. The van der Waals surface area contributed by atoms with Gasteiger partial charge in [0.05, 0.1) is 23.3 Å². The molecule has 124 valence electrons. The van der Waals surface area contributed by atoms with Gasteiger partial charge in [-0.1, -0.05) is 18.1 Å². The zero-order valence-corrected chi connectivity index (χ0v) is 13.8. The van der Waals surface area contributed by atoms with Crippen molar-refractivity contribution in [2.45, 2.75) is 19.4 Å². The van der Waals surface area contributed by atoms with Gasteiger partial charge in [0.1, 0.15) is 23.4 Å². The number of hydrogen-bond donors (Lipinski definition) is 0. The summed E-state index contributed by atoms with van der Waals surface area (Å²) < 4.78 is 30.9. The van der Waals surface area contributed by atoms with Gasteiger partial charge in [0.25, 0.3) is 0 Å². The fourth-order valence-corrected chi connectivity index (χ4v) is 5.27. The molecule has 1 aromatic rings. The zero-order valence-electron chi connectivity index (χ0n) is 13.0. The molecule has 1 amide bonds. The third-order valence-electron chi connectivity index (χ3n) is 4.90. The molecule has 3 aliphatic heterocycles. The summed E-state index contributed by atoms with van der Waals surface area (Å²) in [6.07, 6.45) is 0.212. The van der Waals surface area contributed by atoms with E-state index in [1.807, 2.05) is 11.8 Å². The first-order valence-electron chi connectivity index (χ1n) is 7.87. The van der Waals surface area contributed by atoms with Crippen molar-refractivity contribution in [3.05, 3.63) is 24.0 Å². The van der Waals surface area contributed by atoms with Gasteiger partial charge in [-0.25, -0.2) is 9.18 Å². The first-order chi connectivity index (χ1) is 11.0. The maximum absolute atomic E-state index is 14.5. The molecule has 5 nitrogen and oxygen atoms in total. The van der Waals surface area contributed by atoms with Crippen LogP contribution in [0.25, 0.3) is 0 Å². The third-order valence-corrected chi connectivity index (χ3v) is 6.77. The number of halogens is 1. The predicted octanol–water partition coefficient (Wildman–Crippen LogP) is 2.13. The number of nitrogens with zero attached hydrogens (tertiary/aromatic N) is 2. The van der Waals surface area contributed by atoms with Crippen LogP contribution < -0.4 is 9.80 Å². The maximum atomic E-state index is 14.5. The number of hydrogen-bond acceptors (Lipinski definition) is 4. The Morgan fingerprint density at radius 1 is 1.43 bits per heavy atom. The Kier molecular flexibility index (Phi) is 3.46. The molecule has 0 saturated carbocycles. The first-order valence-corrected chi connectivity index (χ1v) is 9.36. The lowest BCUT2D eigenvalue weighted by Crippen LogP contribution is -2.68. The van der Waals surface area contributed by atoms with E-state index in [9.17, 15) is 13.7 Å². The maximum Gasteiger partial charge on any atom is 0.414 e. The third kappa shape index (κ3) is 2.46. The molecule has 1 spiro atoms. The van der Waals surface area contributed by atoms with E-state index in [0.717, 1.165) is 31.0 Å². The van der Waals surface area contributed by atoms with Gasteiger partial charge < -0.3 is 14.2 Å². The number of carbonyl (C=O) groups excluding carboxylic acids is 1. The summed E-state index contributed by atoms with van der Waals surface area (Å²) in [4.78, 5) is 15.3. The van der Waals surface area contributed by atoms with Crippen LogP contribution in [0.3, 0.4) is 0 Å². The first kappa shape index (κ1) is 15.1. The largest absolute Gasteiger partial charge is 0.616 e. The van der Waals surface area contributed by atoms with Gasteiger partial charge in [0.2, 0.25) is 0 Å². The summed E-state index contributed by atoms with van der Waals surface area (Å²) in [5.74, 6) is 1.15. The van der Waals surface area contributed by atoms with Crippen molar-refractivity contribution < 1.29 is 18.5 Å². The van der Waals surface area contributed by atoms with E-state index in [0.29, 0.717) is 17.9 Å². The fourth-order valence-electron chi connectivity index (χ4n) is 3.62. The minimum absolute atomic E-state index is 0.125. The number of benzene rings is 1. The quantitative estimate of drug-likeness (QED) is 0.792. The highest BCUT2D eigenvalue weighted by Gasteiger charge is 2.57. The van der Waals surface area contributed by atoms with Crippen molar-refractivity contribution in [1.82, 2.24) is 0 Å². The topological polar surface area (TPSA) is 55.8 Å². The summed E-state index contributed by atoms with van der Waals surface area (Å²) >= 11 is -0.679. The fraction of sp³-hybridized carbons (Fsp3) is 0.562. The van der Waals surface area contributed by atoms with Crippen molar-refractivity contribution in [2.24, 2.45) is 5.41 Å². The van der Waals surface area contributed by atoms with Gasteiger partial charge in [-0.05, 0) is 24.6 Å². The molecule has 3 fully saturated rings. The highest BCUT2D eigenvalue weighted by molar-refractivity contribution is 7.92. The molecule has 0 unspecified atom stereocenters. The van der Waals surface area contributed by atoms with E-state index in [4.69, 9.17) is 4.74 Å². The number of cyclic esters (lactones) is 1. The highest BCUT2D eigenvalue weighted by atomic mass is 32.2. The molecule has 0 bridgehead atoms. The number of carbonyl (C=O) groups is 1. The normalized spacial score (nSPS) is 26.2. The second-order valence-electron chi connectivity index (χ2n) is 6.74. The lowest BCUT2D eigenvalue weighted by atomic mass is 9.82. The molecular formula is C16H19FN2O3S. The van der Waals surface area contributed by atoms with Crippen molar-refractivity contribution in [2.75, 3.05) is 40.9 Å². The van der Waals surface area contributed by atoms with Gasteiger partial charge >= 0.3 is 6.09 Å². The molecule has 7 heteroatoms. The summed E-state index contributed by atoms with van der Waals surface area (Å²) in [5, 5.41) is 0. The lowest BCUT2D eigenvalue weighted by molar-refractivity contribution is 0.139. The second kappa shape index (κ2) is 5.27. The SMILES string of the molecule is CC[C@H]1CN(c2ccc(N3CC4(C3)C[S+]([O-])C4)c(F)c2)C(=O)O1. The van der Waals surface area contributed by atoms with E-state index < -0.39 is 17.3 Å². The molecule has 1 atom stereocenters. The van der Waals surface area contributed by atoms with Gasteiger partial charge in [-0.15, -0.1) is 0 Å². The molecule has 1 aromatic carbocycles. The summed E-state index contributed by atoms with van der Waals surface area (Å²) in [6.45, 7) is 3.95. The van der Waals surface area contributed by atoms with E-state index in [1.165, 1.54) is 11.0 Å². The molecule has 4 rings (SSSR count). The Balaban J connectivity index is 1.47. The Hall–Kier alpha value is -1.47. The molecule has 23 heavy (non-hydrogen) atoms. The van der Waals surface area contributed by atoms with E-state index in [2.05, 4.69) is 0 Å². The Labute approximate surface area is 137 Å². The minimum Gasteiger partial charge on any atom is -0.616 e. The standard InChI is InChI=1S/C16H19FN2O3S/c1-2-12-6-19(15(20)22-12)11-3-4-14(13(17)5-11)18-7-16(8-18)9-23(21)10-16/h3-5,12H,2,6-10H2,1H3/t12-/m0/s1. The molecule has 3 aliphatic rings. The van der Waals surface area contributed by atoms with Crippen LogP contribution in [0, 0.1) is 11.2 Å². The summed E-state index contributed by atoms with van der Waals surface area (Å²) in [6, 6.07) is 4.89. The van der Waals surface area contributed by atoms with Gasteiger partial charge in [0, 0.05) is 13.1 Å². The number of amides is 1. The van der Waals surface area contributed by atoms with Crippen LogP contribution in [0.15, 0.2) is 18.2 Å². The minimum atomic E-state index is -0.679. The molecule has 3 saturated heterocycles. The van der Waals surface area contributed by atoms with Crippen molar-refractivity contribution >= 4 is 28.6 Å². The number of rotatable bonds is 3. The molecule has 0 N–H and O–H groups in total. The lowest BCUT2D eigenvalue weighted by Gasteiger charge is -2.55. The predicted molar refractivity (Wildman–Crippen MR) is 86.8 cm³/mol. The Morgan fingerprint density at radius 3 is 2.74 bits per heavy atom. The van der Waals surface area contributed by atoms with E-state index >= 15 is 0 Å².